The second-order valence-electron chi connectivity index (χ2n) is 3.99. The van der Waals surface area contributed by atoms with Crippen LogP contribution in [0.15, 0.2) is 0 Å². The SMILES string of the molecule is CCCCCCOCOCNc1nc(N)nc(N)n1. The number of hydrogen-bond donors (Lipinski definition) is 3. The van der Waals surface area contributed by atoms with Gasteiger partial charge in [-0.1, -0.05) is 26.2 Å². The van der Waals surface area contributed by atoms with Gasteiger partial charge in [0.25, 0.3) is 0 Å². The van der Waals surface area contributed by atoms with Crippen LogP contribution in [0, 0.1) is 0 Å². The third-order valence-electron chi connectivity index (χ3n) is 2.31. The Balaban J connectivity index is 2.01. The Morgan fingerprint density at radius 1 is 1.00 bits per heavy atom. The third kappa shape index (κ3) is 7.37. The van der Waals surface area contributed by atoms with Gasteiger partial charge >= 0.3 is 0 Å². The highest BCUT2D eigenvalue weighted by Crippen LogP contribution is 2.03. The van der Waals surface area contributed by atoms with Crippen LogP contribution in [0.2, 0.25) is 0 Å². The fourth-order valence-electron chi connectivity index (χ4n) is 1.39. The highest BCUT2D eigenvalue weighted by molar-refractivity contribution is 5.36. The van der Waals surface area contributed by atoms with Crippen LogP contribution in [0.25, 0.3) is 0 Å². The van der Waals surface area contributed by atoms with Crippen LogP contribution in [0.3, 0.4) is 0 Å². The van der Waals surface area contributed by atoms with Crippen molar-refractivity contribution in [2.45, 2.75) is 32.6 Å². The molecule has 19 heavy (non-hydrogen) atoms. The van der Waals surface area contributed by atoms with Crippen LogP contribution in [0.1, 0.15) is 32.6 Å². The van der Waals surface area contributed by atoms with Crippen LogP contribution < -0.4 is 16.8 Å². The normalized spacial score (nSPS) is 10.6. The van der Waals surface area contributed by atoms with Crippen LogP contribution in [-0.4, -0.2) is 35.1 Å². The van der Waals surface area contributed by atoms with Crippen molar-refractivity contribution < 1.29 is 9.47 Å². The van der Waals surface area contributed by atoms with Gasteiger partial charge in [0.05, 0.1) is 0 Å². The van der Waals surface area contributed by atoms with Crippen molar-refractivity contribution in [3.05, 3.63) is 0 Å². The molecule has 0 saturated heterocycles. The molecular formula is C11H22N6O2. The Morgan fingerprint density at radius 2 is 1.74 bits per heavy atom. The number of aromatic nitrogens is 3. The maximum absolute atomic E-state index is 5.42. The first-order chi connectivity index (χ1) is 9.22. The minimum Gasteiger partial charge on any atom is -0.368 e. The third-order valence-corrected chi connectivity index (χ3v) is 2.31. The lowest BCUT2D eigenvalue weighted by Crippen LogP contribution is -2.13. The number of nitrogen functional groups attached to an aromatic ring is 2. The standard InChI is InChI=1S/C11H22N6O2/c1-2-3-4-5-6-18-8-19-7-14-11-16-9(12)15-10(13)17-11/h2-8H2,1H3,(H5,12,13,14,15,16,17). The first-order valence-electron chi connectivity index (χ1n) is 6.38. The predicted molar refractivity (Wildman–Crippen MR) is 73.2 cm³/mol. The van der Waals surface area contributed by atoms with E-state index in [2.05, 4.69) is 27.2 Å². The Morgan fingerprint density at radius 3 is 2.42 bits per heavy atom. The zero-order valence-corrected chi connectivity index (χ0v) is 11.3. The number of nitrogens with one attached hydrogen (secondary N) is 1. The molecule has 0 fully saturated rings. The number of nitrogens with two attached hydrogens (primary N) is 2. The second-order valence-corrected chi connectivity index (χ2v) is 3.99. The smallest absolute Gasteiger partial charge is 0.231 e. The predicted octanol–water partition coefficient (Wildman–Crippen LogP) is 0.976. The summed E-state index contributed by atoms with van der Waals surface area (Å²) in [6.45, 7) is 3.34. The Bertz CT molecular complexity index is 343. The lowest BCUT2D eigenvalue weighted by Gasteiger charge is -2.07. The minimum atomic E-state index is 0.0715. The first-order valence-corrected chi connectivity index (χ1v) is 6.38. The van der Waals surface area contributed by atoms with E-state index in [9.17, 15) is 0 Å². The van der Waals surface area contributed by atoms with E-state index in [-0.39, 0.29) is 31.4 Å². The topological polar surface area (TPSA) is 121 Å². The maximum Gasteiger partial charge on any atom is 0.231 e. The molecule has 0 radical (unpaired) electrons. The second kappa shape index (κ2) is 9.29. The van der Waals surface area contributed by atoms with Gasteiger partial charge in [-0.15, -0.1) is 0 Å². The van der Waals surface area contributed by atoms with Crippen molar-refractivity contribution in [1.29, 1.82) is 0 Å². The quantitative estimate of drug-likeness (QED) is 0.425. The molecule has 0 unspecified atom stereocenters. The summed E-state index contributed by atoms with van der Waals surface area (Å²) in [5.41, 5.74) is 10.8. The zero-order chi connectivity index (χ0) is 13.9. The molecule has 0 spiro atoms. The van der Waals surface area contributed by atoms with Crippen LogP contribution in [-0.2, 0) is 9.47 Å². The monoisotopic (exact) mass is 270 g/mol. The highest BCUT2D eigenvalue weighted by Gasteiger charge is 2.00. The van der Waals surface area contributed by atoms with Gasteiger partial charge in [0, 0.05) is 6.61 Å². The molecule has 0 aliphatic heterocycles. The summed E-state index contributed by atoms with van der Waals surface area (Å²) in [6, 6.07) is 0. The Kier molecular flexibility index (Phi) is 7.52. The molecule has 1 heterocycles. The molecule has 0 bridgehead atoms. The molecule has 0 aliphatic carbocycles. The van der Waals surface area contributed by atoms with Gasteiger partial charge in [0.15, 0.2) is 0 Å². The summed E-state index contributed by atoms with van der Waals surface area (Å²) < 4.78 is 10.5. The molecule has 108 valence electrons. The van der Waals surface area contributed by atoms with Crippen molar-refractivity contribution in [1.82, 2.24) is 15.0 Å². The van der Waals surface area contributed by atoms with Crippen molar-refractivity contribution in [2.24, 2.45) is 0 Å². The summed E-state index contributed by atoms with van der Waals surface area (Å²) in [4.78, 5) is 11.3. The van der Waals surface area contributed by atoms with Gasteiger partial charge in [0.1, 0.15) is 13.5 Å². The zero-order valence-electron chi connectivity index (χ0n) is 11.3. The summed E-state index contributed by atoms with van der Waals surface area (Å²) in [5.74, 6) is 0.428. The van der Waals surface area contributed by atoms with E-state index in [1.807, 2.05) is 0 Å². The molecule has 0 atom stereocenters. The lowest BCUT2D eigenvalue weighted by molar-refractivity contribution is -0.0485. The van der Waals surface area contributed by atoms with Gasteiger partial charge in [-0.05, 0) is 6.42 Å². The number of rotatable bonds is 10. The van der Waals surface area contributed by atoms with Gasteiger partial charge in [-0.2, -0.15) is 15.0 Å². The maximum atomic E-state index is 5.42. The molecule has 0 saturated carbocycles. The van der Waals surface area contributed by atoms with Gasteiger partial charge in [-0.3, -0.25) is 0 Å². The largest absolute Gasteiger partial charge is 0.368 e. The lowest BCUT2D eigenvalue weighted by atomic mass is 10.2. The van der Waals surface area contributed by atoms with Crippen molar-refractivity contribution in [2.75, 3.05) is 36.9 Å². The average Bonchev–Trinajstić information content (AvgIpc) is 2.36. The summed E-state index contributed by atoms with van der Waals surface area (Å²) in [5, 5.41) is 2.81. The summed E-state index contributed by atoms with van der Waals surface area (Å²) in [6.07, 6.45) is 4.72. The molecule has 1 aromatic heterocycles. The number of nitrogens with zero attached hydrogens (tertiary/aromatic N) is 3. The van der Waals surface area contributed by atoms with E-state index in [4.69, 9.17) is 20.9 Å². The Labute approximate surface area is 112 Å². The fraction of sp³-hybridized carbons (Fsp3) is 0.727. The summed E-state index contributed by atoms with van der Waals surface area (Å²) in [7, 11) is 0. The average molecular weight is 270 g/mol. The van der Waals surface area contributed by atoms with E-state index in [1.165, 1.54) is 19.3 Å². The van der Waals surface area contributed by atoms with E-state index < -0.39 is 0 Å². The molecule has 8 heteroatoms. The van der Waals surface area contributed by atoms with Crippen molar-refractivity contribution in [3.8, 4) is 0 Å². The Hall–Kier alpha value is -1.67. The molecular weight excluding hydrogens is 248 g/mol. The minimum absolute atomic E-state index is 0.0715. The van der Waals surface area contributed by atoms with Gasteiger partial charge in [0.2, 0.25) is 17.8 Å². The van der Waals surface area contributed by atoms with E-state index >= 15 is 0 Å². The molecule has 1 rings (SSSR count). The molecule has 8 nitrogen and oxygen atoms in total. The first kappa shape index (κ1) is 15.4. The van der Waals surface area contributed by atoms with Gasteiger partial charge < -0.3 is 26.3 Å². The fourth-order valence-corrected chi connectivity index (χ4v) is 1.39. The van der Waals surface area contributed by atoms with E-state index in [0.29, 0.717) is 6.61 Å². The number of unbranched alkanes of at least 4 members (excludes halogenated alkanes) is 3. The van der Waals surface area contributed by atoms with E-state index in [0.717, 1.165) is 6.42 Å². The highest BCUT2D eigenvalue weighted by atomic mass is 16.7. The van der Waals surface area contributed by atoms with Gasteiger partial charge in [-0.25, -0.2) is 0 Å². The molecule has 0 aromatic carbocycles. The van der Waals surface area contributed by atoms with Crippen LogP contribution in [0.4, 0.5) is 17.8 Å². The molecule has 5 N–H and O–H groups in total. The van der Waals surface area contributed by atoms with Crippen LogP contribution >= 0.6 is 0 Å². The molecule has 0 amide bonds. The van der Waals surface area contributed by atoms with Crippen molar-refractivity contribution >= 4 is 17.8 Å². The summed E-state index contributed by atoms with van der Waals surface area (Å²) >= 11 is 0. The van der Waals surface area contributed by atoms with Crippen LogP contribution in [0.5, 0.6) is 0 Å². The van der Waals surface area contributed by atoms with Crippen molar-refractivity contribution in [3.63, 3.8) is 0 Å². The van der Waals surface area contributed by atoms with E-state index in [1.54, 1.807) is 0 Å². The molecule has 0 aliphatic rings. The molecule has 1 aromatic rings. The number of anilines is 3. The number of hydrogen-bond acceptors (Lipinski definition) is 8. The number of ether oxygens (including phenoxy) is 2.